The van der Waals surface area contributed by atoms with Crippen molar-refractivity contribution < 1.29 is 19.5 Å². The van der Waals surface area contributed by atoms with Crippen LogP contribution in [0.3, 0.4) is 0 Å². The van der Waals surface area contributed by atoms with Gasteiger partial charge in [-0.2, -0.15) is 0 Å². The van der Waals surface area contributed by atoms with E-state index in [1.165, 1.54) is 11.9 Å². The number of hydrogen-bond donors (Lipinski definition) is 1. The molecule has 5 heteroatoms. The van der Waals surface area contributed by atoms with Crippen molar-refractivity contribution in [3.05, 3.63) is 47.5 Å². The fourth-order valence-electron chi connectivity index (χ4n) is 1.59. The fraction of sp³-hybridized carbons (Fsp3) is 0.267. The van der Waals surface area contributed by atoms with E-state index < -0.39 is 17.9 Å². The third-order valence-electron chi connectivity index (χ3n) is 3.01. The van der Waals surface area contributed by atoms with E-state index in [1.54, 1.807) is 19.1 Å². The Morgan fingerprint density at radius 1 is 1.15 bits per heavy atom. The monoisotopic (exact) mass is 275 g/mol. The summed E-state index contributed by atoms with van der Waals surface area (Å²) < 4.78 is 0. The highest BCUT2D eigenvalue weighted by Crippen LogP contribution is 2.10. The second-order valence-corrected chi connectivity index (χ2v) is 4.53. The zero-order valence-corrected chi connectivity index (χ0v) is 11.7. The summed E-state index contributed by atoms with van der Waals surface area (Å²) in [5.41, 5.74) is 1.56. The first kappa shape index (κ1) is 15.6. The van der Waals surface area contributed by atoms with Gasteiger partial charge in [0.25, 0.3) is 0 Å². The standard InChI is InChI=1S/C15H17NO4/c1-10-4-6-12(7-5-10)15(20)11(2)16(3)13(17)8-9-14(18)19/h4-9,11H,1-3H3,(H,18,19)/b9-8+. The number of carboxylic acids is 1. The molecule has 0 saturated carbocycles. The Balaban J connectivity index is 2.80. The summed E-state index contributed by atoms with van der Waals surface area (Å²) in [5.74, 6) is -1.92. The van der Waals surface area contributed by atoms with E-state index >= 15 is 0 Å². The summed E-state index contributed by atoms with van der Waals surface area (Å²) in [6, 6.07) is 6.40. The average Bonchev–Trinajstić information content (AvgIpc) is 2.43. The van der Waals surface area contributed by atoms with Crippen LogP contribution in [0, 0.1) is 6.92 Å². The molecule has 0 heterocycles. The smallest absolute Gasteiger partial charge is 0.328 e. The van der Waals surface area contributed by atoms with Crippen molar-refractivity contribution >= 4 is 17.7 Å². The molecule has 1 aromatic carbocycles. The van der Waals surface area contributed by atoms with Crippen LogP contribution < -0.4 is 0 Å². The Morgan fingerprint density at radius 3 is 2.20 bits per heavy atom. The summed E-state index contributed by atoms with van der Waals surface area (Å²) in [7, 11) is 1.46. The van der Waals surface area contributed by atoms with Crippen LogP contribution in [0.1, 0.15) is 22.8 Å². The molecule has 1 N–H and O–H groups in total. The number of aryl methyl sites for hydroxylation is 1. The number of aliphatic carboxylic acids is 1. The number of nitrogens with zero attached hydrogens (tertiary/aromatic N) is 1. The van der Waals surface area contributed by atoms with Crippen molar-refractivity contribution in [3.8, 4) is 0 Å². The minimum atomic E-state index is -1.20. The van der Waals surface area contributed by atoms with E-state index in [-0.39, 0.29) is 5.78 Å². The quantitative estimate of drug-likeness (QED) is 0.655. The number of amides is 1. The van der Waals surface area contributed by atoms with Crippen molar-refractivity contribution in [3.63, 3.8) is 0 Å². The molecule has 0 aliphatic rings. The predicted molar refractivity (Wildman–Crippen MR) is 74.5 cm³/mol. The molecule has 106 valence electrons. The lowest BCUT2D eigenvalue weighted by molar-refractivity contribution is -0.132. The number of Topliss-reactive ketones (excluding diaryl/α,β-unsaturated/α-hetero) is 1. The number of carboxylic acid groups (broad SMARTS) is 1. The van der Waals surface area contributed by atoms with Crippen molar-refractivity contribution in [2.24, 2.45) is 0 Å². The third-order valence-corrected chi connectivity index (χ3v) is 3.01. The lowest BCUT2D eigenvalue weighted by atomic mass is 10.0. The molecule has 1 atom stereocenters. The highest BCUT2D eigenvalue weighted by molar-refractivity contribution is 6.03. The molecule has 20 heavy (non-hydrogen) atoms. The largest absolute Gasteiger partial charge is 0.478 e. The summed E-state index contributed by atoms with van der Waals surface area (Å²) >= 11 is 0. The van der Waals surface area contributed by atoms with Gasteiger partial charge in [0, 0.05) is 24.8 Å². The Kier molecular flexibility index (Phi) is 5.20. The Morgan fingerprint density at radius 2 is 1.70 bits per heavy atom. The molecule has 0 saturated heterocycles. The molecular weight excluding hydrogens is 258 g/mol. The van der Waals surface area contributed by atoms with Crippen molar-refractivity contribution in [2.45, 2.75) is 19.9 Å². The van der Waals surface area contributed by atoms with Gasteiger partial charge in [-0.05, 0) is 13.8 Å². The predicted octanol–water partition coefficient (Wildman–Crippen LogP) is 1.67. The van der Waals surface area contributed by atoms with E-state index in [0.717, 1.165) is 17.7 Å². The first-order valence-corrected chi connectivity index (χ1v) is 6.11. The Bertz CT molecular complexity index is 545. The van der Waals surface area contributed by atoms with Gasteiger partial charge in [0.15, 0.2) is 5.78 Å². The maximum absolute atomic E-state index is 12.2. The lowest BCUT2D eigenvalue weighted by Crippen LogP contribution is -2.39. The van der Waals surface area contributed by atoms with Crippen LogP contribution in [0.15, 0.2) is 36.4 Å². The Hall–Kier alpha value is -2.43. The number of carbonyl (C=O) groups is 3. The van der Waals surface area contributed by atoms with Crippen LogP contribution in [0.25, 0.3) is 0 Å². The van der Waals surface area contributed by atoms with Gasteiger partial charge in [0.1, 0.15) is 0 Å². The summed E-state index contributed by atoms with van der Waals surface area (Å²) in [4.78, 5) is 35.5. The molecule has 1 amide bonds. The summed E-state index contributed by atoms with van der Waals surface area (Å²) in [6.07, 6.45) is 1.68. The Labute approximate surface area is 117 Å². The van der Waals surface area contributed by atoms with Gasteiger partial charge in [-0.3, -0.25) is 9.59 Å². The molecule has 0 aromatic heterocycles. The summed E-state index contributed by atoms with van der Waals surface area (Å²) in [6.45, 7) is 3.53. The minimum Gasteiger partial charge on any atom is -0.478 e. The molecular formula is C15H17NO4. The molecule has 0 spiro atoms. The van der Waals surface area contributed by atoms with Crippen molar-refractivity contribution in [1.29, 1.82) is 0 Å². The van der Waals surface area contributed by atoms with Crippen LogP contribution in [0.5, 0.6) is 0 Å². The topological polar surface area (TPSA) is 74.7 Å². The normalized spacial score (nSPS) is 12.2. The highest BCUT2D eigenvalue weighted by Gasteiger charge is 2.22. The van der Waals surface area contributed by atoms with Gasteiger partial charge < -0.3 is 10.0 Å². The maximum atomic E-state index is 12.2. The van der Waals surface area contributed by atoms with E-state index in [9.17, 15) is 14.4 Å². The van der Waals surface area contributed by atoms with Crippen LogP contribution in [-0.4, -0.2) is 40.8 Å². The fourth-order valence-corrected chi connectivity index (χ4v) is 1.59. The molecule has 0 aliphatic carbocycles. The van der Waals surface area contributed by atoms with Gasteiger partial charge in [-0.1, -0.05) is 29.8 Å². The zero-order valence-electron chi connectivity index (χ0n) is 11.7. The second kappa shape index (κ2) is 6.65. The molecule has 5 nitrogen and oxygen atoms in total. The first-order valence-electron chi connectivity index (χ1n) is 6.11. The highest BCUT2D eigenvalue weighted by atomic mass is 16.4. The van der Waals surface area contributed by atoms with Crippen molar-refractivity contribution in [2.75, 3.05) is 7.05 Å². The van der Waals surface area contributed by atoms with E-state index in [0.29, 0.717) is 5.56 Å². The molecule has 0 aliphatic heterocycles. The van der Waals surface area contributed by atoms with Crippen LogP contribution in [-0.2, 0) is 9.59 Å². The summed E-state index contributed by atoms with van der Waals surface area (Å²) in [5, 5.41) is 8.47. The van der Waals surface area contributed by atoms with Gasteiger partial charge in [-0.15, -0.1) is 0 Å². The molecule has 0 radical (unpaired) electrons. The number of rotatable bonds is 5. The maximum Gasteiger partial charge on any atom is 0.328 e. The number of ketones is 1. The third kappa shape index (κ3) is 4.05. The molecule has 0 bridgehead atoms. The van der Waals surface area contributed by atoms with E-state index in [4.69, 9.17) is 5.11 Å². The number of likely N-dealkylation sites (N-methyl/N-ethyl adjacent to an activating group) is 1. The van der Waals surface area contributed by atoms with Gasteiger partial charge in [0.2, 0.25) is 5.91 Å². The molecule has 1 unspecified atom stereocenters. The molecule has 1 aromatic rings. The van der Waals surface area contributed by atoms with E-state index in [1.807, 2.05) is 19.1 Å². The van der Waals surface area contributed by atoms with Gasteiger partial charge in [0.05, 0.1) is 6.04 Å². The minimum absolute atomic E-state index is 0.190. The van der Waals surface area contributed by atoms with E-state index in [2.05, 4.69) is 0 Å². The van der Waals surface area contributed by atoms with Crippen LogP contribution in [0.4, 0.5) is 0 Å². The van der Waals surface area contributed by atoms with Crippen LogP contribution >= 0.6 is 0 Å². The number of benzene rings is 1. The van der Waals surface area contributed by atoms with Crippen LogP contribution in [0.2, 0.25) is 0 Å². The van der Waals surface area contributed by atoms with Gasteiger partial charge >= 0.3 is 5.97 Å². The lowest BCUT2D eigenvalue weighted by Gasteiger charge is -2.22. The average molecular weight is 275 g/mol. The van der Waals surface area contributed by atoms with Crippen molar-refractivity contribution in [1.82, 2.24) is 4.90 Å². The number of carbonyl (C=O) groups excluding carboxylic acids is 2. The first-order chi connectivity index (χ1) is 9.32. The number of hydrogen-bond acceptors (Lipinski definition) is 3. The van der Waals surface area contributed by atoms with Gasteiger partial charge in [-0.25, -0.2) is 4.79 Å². The molecule has 1 rings (SSSR count). The second-order valence-electron chi connectivity index (χ2n) is 4.53. The zero-order chi connectivity index (χ0) is 15.3. The molecule has 0 fully saturated rings. The SMILES string of the molecule is Cc1ccc(C(=O)C(C)N(C)C(=O)/C=C/C(=O)O)cc1.